The van der Waals surface area contributed by atoms with Crippen LogP contribution in [0.1, 0.15) is 11.1 Å². The van der Waals surface area contributed by atoms with E-state index in [9.17, 15) is 9.18 Å². The van der Waals surface area contributed by atoms with Gasteiger partial charge in [0.2, 0.25) is 5.91 Å². The summed E-state index contributed by atoms with van der Waals surface area (Å²) in [4.78, 5) is 17.6. The molecule has 0 atom stereocenters. The number of pyridine rings is 1. The van der Waals surface area contributed by atoms with Gasteiger partial charge in [0.1, 0.15) is 18.2 Å². The Morgan fingerprint density at radius 3 is 2.79 bits per heavy atom. The molecule has 0 saturated carbocycles. The van der Waals surface area contributed by atoms with Crippen LogP contribution in [0.3, 0.4) is 0 Å². The third-order valence-electron chi connectivity index (χ3n) is 4.21. The number of carbonyl (C=O) groups excluding carboxylic acids is 1. The molecule has 0 unspecified atom stereocenters. The fraction of sp³-hybridized carbons (Fsp3) is 0.200. The van der Waals surface area contributed by atoms with Crippen molar-refractivity contribution in [1.82, 2.24) is 19.7 Å². The predicted molar refractivity (Wildman–Crippen MR) is 110 cm³/mol. The van der Waals surface area contributed by atoms with E-state index >= 15 is 0 Å². The lowest BCUT2D eigenvalue weighted by atomic mass is 10.2. The molecule has 2 aromatic heterocycles. The van der Waals surface area contributed by atoms with Gasteiger partial charge >= 0.3 is 0 Å². The third-order valence-corrected chi connectivity index (χ3v) is 4.21. The Labute approximate surface area is 167 Å². The molecule has 0 bridgehead atoms. The molecular formula is C20H22FN7O. The molecule has 3 rings (SSSR count). The van der Waals surface area contributed by atoms with Gasteiger partial charge in [-0.15, -0.1) is 0 Å². The summed E-state index contributed by atoms with van der Waals surface area (Å²) >= 11 is 0. The summed E-state index contributed by atoms with van der Waals surface area (Å²) in [7, 11) is 3.38. The van der Waals surface area contributed by atoms with Gasteiger partial charge in [0.15, 0.2) is 5.82 Å². The van der Waals surface area contributed by atoms with Crippen molar-refractivity contribution in [2.75, 3.05) is 24.7 Å². The molecule has 0 spiro atoms. The molecule has 0 saturated heterocycles. The molecule has 0 aliphatic rings. The van der Waals surface area contributed by atoms with Crippen molar-refractivity contribution in [2.45, 2.75) is 13.1 Å². The van der Waals surface area contributed by atoms with Crippen LogP contribution in [0.5, 0.6) is 0 Å². The van der Waals surface area contributed by atoms with Crippen LogP contribution in [0.2, 0.25) is 0 Å². The van der Waals surface area contributed by atoms with Gasteiger partial charge in [-0.25, -0.2) is 9.37 Å². The number of nitrogens with one attached hydrogen (secondary N) is 3. The number of benzene rings is 1. The Kier molecular flexibility index (Phi) is 6.18. The maximum absolute atomic E-state index is 13.8. The lowest BCUT2D eigenvalue weighted by Crippen LogP contribution is -2.26. The van der Waals surface area contributed by atoms with Gasteiger partial charge in [0.25, 0.3) is 0 Å². The van der Waals surface area contributed by atoms with Crippen LogP contribution < -0.4 is 10.6 Å². The zero-order valence-electron chi connectivity index (χ0n) is 16.2. The van der Waals surface area contributed by atoms with E-state index in [0.717, 1.165) is 0 Å². The minimum Gasteiger partial charge on any atom is -0.380 e. The minimum absolute atomic E-state index is 0.0623. The number of nitrogens with zero attached hydrogens (tertiary/aromatic N) is 4. The quantitative estimate of drug-likeness (QED) is 0.510. The number of carbonyl (C=O) groups is 1. The molecule has 29 heavy (non-hydrogen) atoms. The van der Waals surface area contributed by atoms with Crippen LogP contribution in [0.4, 0.5) is 21.7 Å². The molecule has 0 aliphatic carbocycles. The maximum Gasteiger partial charge on any atom is 0.243 e. The van der Waals surface area contributed by atoms with Crippen LogP contribution >= 0.6 is 0 Å². The van der Waals surface area contributed by atoms with E-state index in [4.69, 9.17) is 5.41 Å². The SMILES string of the molecule is CN(C)C(=O)Cn1ccc(Nc2cc(NCc3ccccc3F)c(C=N)cn2)n1. The van der Waals surface area contributed by atoms with Crippen molar-refractivity contribution >= 4 is 29.4 Å². The molecule has 0 radical (unpaired) electrons. The molecule has 9 heteroatoms. The predicted octanol–water partition coefficient (Wildman–Crippen LogP) is 2.86. The first kappa shape index (κ1) is 20.0. The Hall–Kier alpha value is -3.75. The summed E-state index contributed by atoms with van der Waals surface area (Å²) in [5.41, 5.74) is 1.75. The summed E-state index contributed by atoms with van der Waals surface area (Å²) < 4.78 is 15.4. The number of hydrogen-bond acceptors (Lipinski definition) is 6. The van der Waals surface area contributed by atoms with Crippen LogP contribution in [-0.2, 0) is 17.9 Å². The van der Waals surface area contributed by atoms with Gasteiger partial charge < -0.3 is 20.9 Å². The summed E-state index contributed by atoms with van der Waals surface area (Å²) in [6.07, 6.45) is 4.43. The molecule has 0 fully saturated rings. The van der Waals surface area contributed by atoms with Crippen molar-refractivity contribution in [3.63, 3.8) is 0 Å². The van der Waals surface area contributed by atoms with Crippen molar-refractivity contribution in [1.29, 1.82) is 5.41 Å². The number of hydrogen-bond donors (Lipinski definition) is 3. The van der Waals surface area contributed by atoms with Gasteiger partial charge in [-0.3, -0.25) is 9.48 Å². The second kappa shape index (κ2) is 8.96. The first-order valence-electron chi connectivity index (χ1n) is 8.94. The molecule has 2 heterocycles. The van der Waals surface area contributed by atoms with Gasteiger partial charge in [-0.1, -0.05) is 18.2 Å². The van der Waals surface area contributed by atoms with Crippen molar-refractivity contribution in [2.24, 2.45) is 0 Å². The number of amides is 1. The lowest BCUT2D eigenvalue weighted by Gasteiger charge is -2.12. The van der Waals surface area contributed by atoms with E-state index < -0.39 is 0 Å². The smallest absolute Gasteiger partial charge is 0.243 e. The van der Waals surface area contributed by atoms with Gasteiger partial charge in [-0.2, -0.15) is 5.10 Å². The van der Waals surface area contributed by atoms with Crippen molar-refractivity contribution in [3.05, 3.63) is 65.7 Å². The van der Waals surface area contributed by atoms with Crippen LogP contribution in [0.15, 0.2) is 48.8 Å². The highest BCUT2D eigenvalue weighted by Crippen LogP contribution is 2.21. The summed E-state index contributed by atoms with van der Waals surface area (Å²) in [5, 5.41) is 18.1. The van der Waals surface area contributed by atoms with E-state index in [0.29, 0.717) is 28.5 Å². The highest BCUT2D eigenvalue weighted by atomic mass is 19.1. The topological polar surface area (TPSA) is 98.9 Å². The molecule has 8 nitrogen and oxygen atoms in total. The number of halogens is 1. The number of likely N-dealkylation sites (N-methyl/N-ethyl adjacent to an activating group) is 1. The molecular weight excluding hydrogens is 373 g/mol. The Bertz CT molecular complexity index is 1020. The normalized spacial score (nSPS) is 10.4. The van der Waals surface area contributed by atoms with E-state index in [1.54, 1.807) is 56.8 Å². The van der Waals surface area contributed by atoms with Crippen molar-refractivity contribution < 1.29 is 9.18 Å². The zero-order chi connectivity index (χ0) is 20.8. The fourth-order valence-electron chi connectivity index (χ4n) is 2.56. The Morgan fingerprint density at radius 1 is 1.28 bits per heavy atom. The molecule has 150 valence electrons. The fourth-order valence-corrected chi connectivity index (χ4v) is 2.56. The van der Waals surface area contributed by atoms with E-state index in [2.05, 4.69) is 20.7 Å². The zero-order valence-corrected chi connectivity index (χ0v) is 16.2. The second-order valence-corrected chi connectivity index (χ2v) is 6.56. The lowest BCUT2D eigenvalue weighted by molar-refractivity contribution is -0.129. The first-order valence-corrected chi connectivity index (χ1v) is 8.94. The van der Waals surface area contributed by atoms with Crippen molar-refractivity contribution in [3.8, 4) is 0 Å². The monoisotopic (exact) mass is 395 g/mol. The summed E-state index contributed by atoms with van der Waals surface area (Å²) in [6, 6.07) is 9.99. The molecule has 1 aromatic carbocycles. The van der Waals surface area contributed by atoms with Crippen LogP contribution in [0.25, 0.3) is 0 Å². The van der Waals surface area contributed by atoms with Crippen LogP contribution in [0, 0.1) is 11.2 Å². The van der Waals surface area contributed by atoms with Crippen LogP contribution in [-0.4, -0.2) is 45.9 Å². The highest BCUT2D eigenvalue weighted by Gasteiger charge is 2.09. The molecule has 3 aromatic rings. The maximum atomic E-state index is 13.8. The van der Waals surface area contributed by atoms with E-state index in [-0.39, 0.29) is 24.8 Å². The summed E-state index contributed by atoms with van der Waals surface area (Å²) in [6.45, 7) is 0.419. The largest absolute Gasteiger partial charge is 0.380 e. The number of anilines is 3. The van der Waals surface area contributed by atoms with E-state index in [1.807, 2.05) is 0 Å². The van der Waals surface area contributed by atoms with E-state index in [1.165, 1.54) is 21.9 Å². The van der Waals surface area contributed by atoms with Gasteiger partial charge in [0, 0.05) is 68.2 Å². The third kappa shape index (κ3) is 5.16. The number of rotatable bonds is 8. The minimum atomic E-state index is -0.290. The molecule has 1 amide bonds. The Balaban J connectivity index is 1.71. The second-order valence-electron chi connectivity index (χ2n) is 6.56. The standard InChI is InChI=1S/C20H22FN7O/c1-27(2)20(29)13-28-8-7-18(26-28)25-19-9-17(15(10-22)12-24-19)23-11-14-5-3-4-6-16(14)21/h3-10,12,22H,11,13H2,1-2H3,(H2,23,24,25,26). The highest BCUT2D eigenvalue weighted by molar-refractivity contribution is 5.86. The average Bonchev–Trinajstić information content (AvgIpc) is 3.14. The summed E-state index contributed by atoms with van der Waals surface area (Å²) in [5.74, 6) is 0.692. The first-order chi connectivity index (χ1) is 14.0. The average molecular weight is 395 g/mol. The van der Waals surface area contributed by atoms with Gasteiger partial charge in [-0.05, 0) is 6.07 Å². The molecule has 0 aliphatic heterocycles. The van der Waals surface area contributed by atoms with Gasteiger partial charge in [0.05, 0.1) is 0 Å². The number of aromatic nitrogens is 3. The molecule has 3 N–H and O–H groups in total. The Morgan fingerprint density at radius 2 is 2.07 bits per heavy atom.